The van der Waals surface area contributed by atoms with E-state index < -0.39 is 0 Å². The molecule has 6 aromatic rings. The molecule has 0 aliphatic heterocycles. The van der Waals surface area contributed by atoms with Crippen LogP contribution in [0.2, 0.25) is 0 Å². The van der Waals surface area contributed by atoms with Crippen molar-refractivity contribution in [3.8, 4) is 23.3 Å². The first kappa shape index (κ1) is 31.6. The topological polar surface area (TPSA) is 97.1 Å². The summed E-state index contributed by atoms with van der Waals surface area (Å²) in [6, 6.07) is 8.15. The van der Waals surface area contributed by atoms with Gasteiger partial charge < -0.3 is 0 Å². The first-order valence-corrected chi connectivity index (χ1v) is 14.0. The van der Waals surface area contributed by atoms with Gasteiger partial charge in [0.25, 0.3) is 0 Å². The molecule has 222 valence electrons. The van der Waals surface area contributed by atoms with Crippen molar-refractivity contribution in [3.05, 3.63) is 105 Å². The molecular weight excluding hydrogens is 583 g/mol. The second-order valence-electron chi connectivity index (χ2n) is 11.0. The molecule has 6 aromatic heterocycles. The van der Waals surface area contributed by atoms with Crippen LogP contribution in [0.3, 0.4) is 0 Å². The van der Waals surface area contributed by atoms with Crippen LogP contribution in [0.15, 0.2) is 49.1 Å². The molecule has 0 aromatic carbocycles. The molecule has 0 unspecified atom stereocenters. The Bertz CT molecular complexity index is 1640. The van der Waals surface area contributed by atoms with Gasteiger partial charge in [0.1, 0.15) is 0 Å². The van der Waals surface area contributed by atoms with E-state index in [0.29, 0.717) is 0 Å². The SMILES string of the molecule is Cc1cc(-n2ncc(C)c2C)nc(-n2ncc(C)c2C)c1.Cc1cc(-n2ncc(C)c2C)nc(-n2ncc(C)c2C)c1.[Co+3]. The maximum absolute atomic E-state index is 4.72. The molecular formula is C32H38CoN10+3. The zero-order valence-electron chi connectivity index (χ0n) is 26.4. The number of rotatable bonds is 4. The summed E-state index contributed by atoms with van der Waals surface area (Å²) in [4.78, 5) is 9.45. The van der Waals surface area contributed by atoms with Crippen molar-refractivity contribution < 1.29 is 16.8 Å². The summed E-state index contributed by atoms with van der Waals surface area (Å²) in [5.74, 6) is 3.29. The maximum atomic E-state index is 4.72. The Morgan fingerprint density at radius 2 is 0.581 bits per heavy atom. The zero-order chi connectivity index (χ0) is 30.3. The molecule has 6 heterocycles. The quantitative estimate of drug-likeness (QED) is 0.240. The van der Waals surface area contributed by atoms with E-state index in [4.69, 9.17) is 9.97 Å². The molecule has 6 rings (SSSR count). The van der Waals surface area contributed by atoms with Crippen LogP contribution in [-0.2, 0) is 16.8 Å². The van der Waals surface area contributed by atoms with Crippen LogP contribution in [-0.4, -0.2) is 49.1 Å². The van der Waals surface area contributed by atoms with Crippen LogP contribution >= 0.6 is 0 Å². The van der Waals surface area contributed by atoms with Gasteiger partial charge >= 0.3 is 16.8 Å². The van der Waals surface area contributed by atoms with E-state index in [1.165, 1.54) is 0 Å². The average molecular weight is 622 g/mol. The molecule has 0 saturated heterocycles. The number of aromatic nitrogens is 10. The predicted molar refractivity (Wildman–Crippen MR) is 164 cm³/mol. The minimum atomic E-state index is 0. The van der Waals surface area contributed by atoms with E-state index in [1.54, 1.807) is 0 Å². The van der Waals surface area contributed by atoms with E-state index >= 15 is 0 Å². The number of pyridine rings is 2. The van der Waals surface area contributed by atoms with Gasteiger partial charge in [-0.2, -0.15) is 20.4 Å². The Balaban J connectivity index is 0.000000192. The van der Waals surface area contributed by atoms with E-state index in [-0.39, 0.29) is 16.8 Å². The predicted octanol–water partition coefficient (Wildman–Crippen LogP) is 5.99. The number of aryl methyl sites for hydroxylation is 6. The van der Waals surface area contributed by atoms with E-state index in [9.17, 15) is 0 Å². The van der Waals surface area contributed by atoms with E-state index in [2.05, 4.69) is 89.6 Å². The molecule has 0 aliphatic rings. The fourth-order valence-corrected chi connectivity index (χ4v) is 4.59. The fourth-order valence-electron chi connectivity index (χ4n) is 4.59. The molecule has 0 radical (unpaired) electrons. The number of hydrogen-bond acceptors (Lipinski definition) is 6. The van der Waals surface area contributed by atoms with E-state index in [0.717, 1.165) is 79.4 Å². The molecule has 0 aliphatic carbocycles. The largest absolute Gasteiger partial charge is 3.00 e. The Morgan fingerprint density at radius 1 is 0.372 bits per heavy atom. The van der Waals surface area contributed by atoms with Gasteiger partial charge in [-0.15, -0.1) is 0 Å². The number of nitrogens with zero attached hydrogens (tertiary/aromatic N) is 10. The normalized spacial score (nSPS) is 10.8. The third-order valence-electron chi connectivity index (χ3n) is 7.77. The van der Waals surface area contributed by atoms with Crippen molar-refractivity contribution in [1.29, 1.82) is 0 Å². The summed E-state index contributed by atoms with van der Waals surface area (Å²) in [5.41, 5.74) is 11.3. The van der Waals surface area contributed by atoms with Crippen molar-refractivity contribution >= 4 is 0 Å². The van der Waals surface area contributed by atoms with Gasteiger partial charge in [-0.25, -0.2) is 28.7 Å². The number of hydrogen-bond donors (Lipinski definition) is 0. The monoisotopic (exact) mass is 621 g/mol. The molecule has 0 spiro atoms. The average Bonchev–Trinajstić information content (AvgIpc) is 3.68. The van der Waals surface area contributed by atoms with Gasteiger partial charge in [-0.05, 0) is 127 Å². The molecule has 43 heavy (non-hydrogen) atoms. The molecule has 0 atom stereocenters. The smallest absolute Gasteiger partial charge is 0.219 e. The minimum Gasteiger partial charge on any atom is -0.219 e. The third-order valence-corrected chi connectivity index (χ3v) is 7.77. The summed E-state index contributed by atoms with van der Waals surface area (Å²) < 4.78 is 7.49. The molecule has 11 heteroatoms. The summed E-state index contributed by atoms with van der Waals surface area (Å²) in [6.07, 6.45) is 7.45. The summed E-state index contributed by atoms with van der Waals surface area (Å²) >= 11 is 0. The van der Waals surface area contributed by atoms with Crippen LogP contribution in [0, 0.1) is 69.2 Å². The second kappa shape index (κ2) is 12.5. The second-order valence-corrected chi connectivity index (χ2v) is 11.0. The van der Waals surface area contributed by atoms with Crippen LogP contribution in [0.25, 0.3) is 23.3 Å². The van der Waals surface area contributed by atoms with Crippen molar-refractivity contribution in [2.75, 3.05) is 0 Å². The Kier molecular flexibility index (Phi) is 9.17. The molecule has 0 N–H and O–H groups in total. The van der Waals surface area contributed by atoms with Crippen molar-refractivity contribution in [2.45, 2.75) is 69.2 Å². The maximum Gasteiger partial charge on any atom is 3.00 e. The molecule has 10 nitrogen and oxygen atoms in total. The standard InChI is InChI=1S/2C16H19N5.Co/c2*1-10-6-15(20-13(4)11(2)8-17-20)19-16(7-10)21-14(5)12(3)9-18-21;/h2*6-9H,1-5H3;/q;;+3. The van der Waals surface area contributed by atoms with Gasteiger partial charge in [-0.1, -0.05) is 0 Å². The van der Waals surface area contributed by atoms with Crippen LogP contribution in [0.1, 0.15) is 56.2 Å². The molecule has 0 amide bonds. The van der Waals surface area contributed by atoms with Crippen molar-refractivity contribution in [3.63, 3.8) is 0 Å². The van der Waals surface area contributed by atoms with Crippen molar-refractivity contribution in [2.24, 2.45) is 0 Å². The summed E-state index contributed by atoms with van der Waals surface area (Å²) in [5, 5.41) is 17.7. The zero-order valence-corrected chi connectivity index (χ0v) is 27.5. The minimum absolute atomic E-state index is 0. The Hall–Kier alpha value is -4.35. The Morgan fingerprint density at radius 3 is 0.744 bits per heavy atom. The van der Waals surface area contributed by atoms with Crippen LogP contribution in [0.5, 0.6) is 0 Å². The van der Waals surface area contributed by atoms with Gasteiger partial charge in [0, 0.05) is 22.8 Å². The third kappa shape index (κ3) is 6.23. The fraction of sp³-hybridized carbons (Fsp3) is 0.312. The van der Waals surface area contributed by atoms with Gasteiger partial charge in [0.15, 0.2) is 23.3 Å². The van der Waals surface area contributed by atoms with Gasteiger partial charge in [-0.3, -0.25) is 0 Å². The first-order chi connectivity index (χ1) is 19.9. The van der Waals surface area contributed by atoms with Crippen LogP contribution in [0.4, 0.5) is 0 Å². The van der Waals surface area contributed by atoms with Crippen LogP contribution < -0.4 is 0 Å². The Labute approximate surface area is 263 Å². The summed E-state index contributed by atoms with van der Waals surface area (Å²) in [6.45, 7) is 20.5. The van der Waals surface area contributed by atoms with Gasteiger partial charge in [0.05, 0.1) is 24.8 Å². The van der Waals surface area contributed by atoms with E-state index in [1.807, 2.05) is 67.8 Å². The molecule has 0 saturated carbocycles. The van der Waals surface area contributed by atoms with Crippen molar-refractivity contribution in [1.82, 2.24) is 49.1 Å². The van der Waals surface area contributed by atoms with Gasteiger partial charge in [0.2, 0.25) is 0 Å². The molecule has 0 bridgehead atoms. The summed E-state index contributed by atoms with van der Waals surface area (Å²) in [7, 11) is 0. The first-order valence-electron chi connectivity index (χ1n) is 14.0. The molecule has 0 fully saturated rings.